The van der Waals surface area contributed by atoms with Crippen molar-refractivity contribution in [2.75, 3.05) is 4.90 Å². The van der Waals surface area contributed by atoms with Gasteiger partial charge in [0.1, 0.15) is 11.5 Å². The number of ether oxygens (including phenoxy) is 1. The molecule has 0 spiro atoms. The zero-order valence-electron chi connectivity index (χ0n) is 15.9. The van der Waals surface area contributed by atoms with E-state index in [1.807, 2.05) is 51.1 Å². The normalized spacial score (nSPS) is 21.9. The van der Waals surface area contributed by atoms with Crippen LogP contribution in [0.5, 0.6) is 11.5 Å². The molecule has 0 N–H and O–H groups in total. The number of hydrogen-bond donors (Lipinski definition) is 0. The zero-order chi connectivity index (χ0) is 19.1. The van der Waals surface area contributed by atoms with E-state index in [2.05, 4.69) is 6.08 Å². The average molecular weight is 361 g/mol. The molecule has 4 nitrogen and oxygen atoms in total. The molecule has 0 radical (unpaired) electrons. The van der Waals surface area contributed by atoms with Crippen LogP contribution in [0.4, 0.5) is 5.69 Å². The lowest BCUT2D eigenvalue weighted by atomic mass is 9.82. The van der Waals surface area contributed by atoms with Crippen LogP contribution >= 0.6 is 0 Å². The number of nitrogens with zero attached hydrogens (tertiary/aromatic N) is 1. The highest BCUT2D eigenvalue weighted by Crippen LogP contribution is 2.40. The smallest absolute Gasteiger partial charge is 0.238 e. The van der Waals surface area contributed by atoms with Crippen molar-refractivity contribution < 1.29 is 14.3 Å². The first-order valence-corrected chi connectivity index (χ1v) is 9.33. The van der Waals surface area contributed by atoms with Crippen molar-refractivity contribution in [3.8, 4) is 11.5 Å². The Morgan fingerprint density at radius 2 is 1.63 bits per heavy atom. The molecule has 1 fully saturated rings. The molecule has 1 heterocycles. The number of rotatable bonds is 3. The molecule has 2 aliphatic rings. The summed E-state index contributed by atoms with van der Waals surface area (Å²) in [4.78, 5) is 26.9. The van der Waals surface area contributed by atoms with E-state index in [0.717, 1.165) is 11.3 Å². The van der Waals surface area contributed by atoms with E-state index in [9.17, 15) is 9.59 Å². The number of anilines is 1. The van der Waals surface area contributed by atoms with Gasteiger partial charge >= 0.3 is 0 Å². The van der Waals surface area contributed by atoms with Gasteiger partial charge in [0.25, 0.3) is 0 Å². The number of hydrogen-bond acceptors (Lipinski definition) is 3. The summed E-state index contributed by atoms with van der Waals surface area (Å²) in [6, 6.07) is 13.1. The van der Waals surface area contributed by atoms with Gasteiger partial charge in [0, 0.05) is 0 Å². The second-order valence-electron chi connectivity index (χ2n) is 7.51. The molecule has 0 unspecified atom stereocenters. The minimum Gasteiger partial charge on any atom is -0.457 e. The Morgan fingerprint density at radius 1 is 0.926 bits per heavy atom. The summed E-state index contributed by atoms with van der Waals surface area (Å²) < 4.78 is 5.97. The molecule has 4 heteroatoms. The molecular weight excluding hydrogens is 338 g/mol. The van der Waals surface area contributed by atoms with Gasteiger partial charge in [0.2, 0.25) is 11.8 Å². The number of aryl methyl sites for hydroxylation is 1. The molecular formula is C23H23NO3. The van der Waals surface area contributed by atoms with E-state index < -0.39 is 0 Å². The fraction of sp³-hybridized carbons (Fsp3) is 0.304. The zero-order valence-corrected chi connectivity index (χ0v) is 15.9. The quantitative estimate of drug-likeness (QED) is 0.574. The van der Waals surface area contributed by atoms with Crippen molar-refractivity contribution in [3.05, 3.63) is 65.2 Å². The van der Waals surface area contributed by atoms with Gasteiger partial charge in [-0.2, -0.15) is 0 Å². The minimum absolute atomic E-state index is 0.0827. The maximum atomic E-state index is 12.8. The average Bonchev–Trinajstić information content (AvgIpc) is 2.90. The molecule has 2 aromatic rings. The Hall–Kier alpha value is -2.88. The summed E-state index contributed by atoms with van der Waals surface area (Å²) >= 11 is 0. The second-order valence-corrected chi connectivity index (χ2v) is 7.51. The maximum Gasteiger partial charge on any atom is 0.238 e. The summed E-state index contributed by atoms with van der Waals surface area (Å²) in [6.45, 7) is 6.10. The van der Waals surface area contributed by atoms with Crippen molar-refractivity contribution in [2.45, 2.75) is 33.6 Å². The van der Waals surface area contributed by atoms with Crippen LogP contribution in [-0.4, -0.2) is 11.8 Å². The minimum atomic E-state index is -0.216. The molecule has 0 bridgehead atoms. The first-order chi connectivity index (χ1) is 13.0. The number of carbonyl (C=O) groups excluding carboxylic acids is 2. The van der Waals surface area contributed by atoms with Crippen LogP contribution in [0.1, 0.15) is 30.9 Å². The standard InChI is InChI=1S/C23H23NO3/c1-14-7-12-19-20(13-14)23(26)24(22(19)25)17-8-10-18(11-9-17)27-21-6-4-5-15(2)16(21)3/h4-11,19-20H,12-13H2,1-3H3/t19-,20+/m0/s1. The van der Waals surface area contributed by atoms with Gasteiger partial charge < -0.3 is 4.74 Å². The van der Waals surface area contributed by atoms with Gasteiger partial charge in [0.05, 0.1) is 17.5 Å². The number of fused-ring (bicyclic) bond motifs is 1. The van der Waals surface area contributed by atoms with Crippen LogP contribution < -0.4 is 9.64 Å². The summed E-state index contributed by atoms with van der Waals surface area (Å²) in [5, 5.41) is 0. The van der Waals surface area contributed by atoms with Crippen LogP contribution in [0, 0.1) is 25.7 Å². The molecule has 1 saturated heterocycles. The number of amides is 2. The largest absolute Gasteiger partial charge is 0.457 e. The lowest BCUT2D eigenvalue weighted by Gasteiger charge is -2.18. The number of benzene rings is 2. The van der Waals surface area contributed by atoms with E-state index in [-0.39, 0.29) is 23.7 Å². The Bertz CT molecular complexity index is 943. The summed E-state index contributed by atoms with van der Waals surface area (Å²) in [6.07, 6.45) is 3.42. The second kappa shape index (κ2) is 6.69. The first-order valence-electron chi connectivity index (χ1n) is 9.33. The molecule has 4 rings (SSSR count). The molecule has 2 amide bonds. The van der Waals surface area contributed by atoms with Gasteiger partial charge in [-0.25, -0.2) is 0 Å². The van der Waals surface area contributed by atoms with Crippen molar-refractivity contribution in [1.29, 1.82) is 0 Å². The number of carbonyl (C=O) groups is 2. The van der Waals surface area contributed by atoms with Gasteiger partial charge in [0.15, 0.2) is 0 Å². The lowest BCUT2D eigenvalue weighted by Crippen LogP contribution is -2.30. The van der Waals surface area contributed by atoms with E-state index in [1.54, 1.807) is 12.1 Å². The SMILES string of the molecule is CC1=CC[C@@H]2C(=O)N(c3ccc(Oc4cccc(C)c4C)cc3)C(=O)[C@@H]2C1. The van der Waals surface area contributed by atoms with Gasteiger partial charge in [-0.15, -0.1) is 0 Å². The van der Waals surface area contributed by atoms with Gasteiger partial charge in [-0.05, 0) is 75.1 Å². The fourth-order valence-electron chi connectivity index (χ4n) is 3.92. The van der Waals surface area contributed by atoms with E-state index >= 15 is 0 Å². The Kier molecular flexibility index (Phi) is 4.34. The fourth-order valence-corrected chi connectivity index (χ4v) is 3.92. The highest BCUT2D eigenvalue weighted by Gasteiger charge is 2.48. The van der Waals surface area contributed by atoms with E-state index in [0.29, 0.717) is 24.3 Å². The van der Waals surface area contributed by atoms with Crippen molar-refractivity contribution >= 4 is 17.5 Å². The Labute approximate surface area is 159 Å². The molecule has 0 aromatic heterocycles. The molecule has 138 valence electrons. The molecule has 1 aliphatic carbocycles. The van der Waals surface area contributed by atoms with Crippen molar-refractivity contribution in [1.82, 2.24) is 0 Å². The predicted molar refractivity (Wildman–Crippen MR) is 105 cm³/mol. The van der Waals surface area contributed by atoms with Crippen LogP contribution in [0.2, 0.25) is 0 Å². The van der Waals surface area contributed by atoms with Crippen molar-refractivity contribution in [2.24, 2.45) is 11.8 Å². The van der Waals surface area contributed by atoms with E-state index in [4.69, 9.17) is 4.74 Å². The van der Waals surface area contributed by atoms with Gasteiger partial charge in [-0.3, -0.25) is 14.5 Å². The lowest BCUT2D eigenvalue weighted by molar-refractivity contribution is -0.122. The van der Waals surface area contributed by atoms with E-state index in [1.165, 1.54) is 16.0 Å². The monoisotopic (exact) mass is 361 g/mol. The third kappa shape index (κ3) is 3.05. The molecule has 1 aliphatic heterocycles. The Balaban J connectivity index is 1.55. The highest BCUT2D eigenvalue weighted by molar-refractivity contribution is 6.22. The summed E-state index contributed by atoms with van der Waals surface area (Å²) in [5.74, 6) is 0.892. The van der Waals surface area contributed by atoms with Crippen LogP contribution in [0.25, 0.3) is 0 Å². The van der Waals surface area contributed by atoms with Gasteiger partial charge in [-0.1, -0.05) is 23.8 Å². The molecule has 27 heavy (non-hydrogen) atoms. The summed E-state index contributed by atoms with van der Waals surface area (Å²) in [5.41, 5.74) is 4.07. The molecule has 0 saturated carbocycles. The van der Waals surface area contributed by atoms with Crippen LogP contribution in [0.3, 0.4) is 0 Å². The third-order valence-electron chi connectivity index (χ3n) is 5.70. The molecule has 2 atom stereocenters. The highest BCUT2D eigenvalue weighted by atomic mass is 16.5. The number of allylic oxidation sites excluding steroid dienone is 2. The maximum absolute atomic E-state index is 12.8. The predicted octanol–water partition coefficient (Wildman–Crippen LogP) is 4.94. The topological polar surface area (TPSA) is 46.6 Å². The third-order valence-corrected chi connectivity index (χ3v) is 5.70. The summed E-state index contributed by atoms with van der Waals surface area (Å²) in [7, 11) is 0. The number of imide groups is 1. The molecule has 2 aromatic carbocycles. The van der Waals surface area contributed by atoms with Crippen molar-refractivity contribution in [3.63, 3.8) is 0 Å². The first kappa shape index (κ1) is 17.5. The van der Waals surface area contributed by atoms with Crippen LogP contribution in [-0.2, 0) is 9.59 Å². The Morgan fingerprint density at radius 3 is 2.37 bits per heavy atom. The van der Waals surface area contributed by atoms with Crippen LogP contribution in [0.15, 0.2) is 54.1 Å².